The molecule has 3 rings (SSSR count). The number of anilines is 1. The second-order valence-corrected chi connectivity index (χ2v) is 11.0. The van der Waals surface area contributed by atoms with Crippen LogP contribution >= 0.6 is 27.5 Å². The van der Waals surface area contributed by atoms with Crippen LogP contribution in [0.4, 0.5) is 10.1 Å². The van der Waals surface area contributed by atoms with Crippen LogP contribution < -0.4 is 15.4 Å². The first-order chi connectivity index (χ1) is 16.6. The molecule has 1 amide bonds. The second-order valence-electron chi connectivity index (χ2n) is 7.62. The maximum absolute atomic E-state index is 14.4. The standard InChI is InChI=1S/C24H23BrClFN2O5S/c1-35(32,33)18-4-5-19(20(26)12-18)24(31)29-22-10-15(2-6-21(22)27)14-34-23-7-3-17(25)11-16(23)13-28-8-9-30/h2-7,10-12,28,30H,8-9,13-14H2,1H3,(H,29,31). The maximum Gasteiger partial charge on any atom is 0.257 e. The van der Waals surface area contributed by atoms with Crippen molar-refractivity contribution >= 4 is 49.0 Å². The summed E-state index contributed by atoms with van der Waals surface area (Å²) in [5.41, 5.74) is 1.42. The summed E-state index contributed by atoms with van der Waals surface area (Å²) in [6.45, 7) is 1.05. The van der Waals surface area contributed by atoms with Crippen LogP contribution in [0.15, 0.2) is 64.0 Å². The van der Waals surface area contributed by atoms with Crippen molar-refractivity contribution in [1.82, 2.24) is 5.32 Å². The molecule has 3 aromatic carbocycles. The monoisotopic (exact) mass is 584 g/mol. The van der Waals surface area contributed by atoms with E-state index in [1.807, 2.05) is 12.1 Å². The van der Waals surface area contributed by atoms with Gasteiger partial charge in [0, 0.05) is 29.4 Å². The highest BCUT2D eigenvalue weighted by Crippen LogP contribution is 2.26. The van der Waals surface area contributed by atoms with Crippen molar-refractivity contribution in [3.05, 3.63) is 86.6 Å². The molecule has 0 atom stereocenters. The van der Waals surface area contributed by atoms with E-state index < -0.39 is 21.6 Å². The lowest BCUT2D eigenvalue weighted by Gasteiger charge is -2.14. The average molecular weight is 586 g/mol. The van der Waals surface area contributed by atoms with Crippen molar-refractivity contribution in [2.75, 3.05) is 24.7 Å². The van der Waals surface area contributed by atoms with Crippen LogP contribution in [-0.4, -0.2) is 38.8 Å². The number of amides is 1. The molecule has 0 aliphatic rings. The van der Waals surface area contributed by atoms with Crippen molar-refractivity contribution < 1.29 is 27.4 Å². The maximum atomic E-state index is 14.4. The van der Waals surface area contributed by atoms with Gasteiger partial charge >= 0.3 is 0 Å². The predicted octanol–water partition coefficient (Wildman–Crippen LogP) is 4.56. The minimum absolute atomic E-state index is 0.00926. The molecule has 0 spiro atoms. The van der Waals surface area contributed by atoms with Gasteiger partial charge in [-0.15, -0.1) is 0 Å². The number of carbonyl (C=O) groups is 1. The van der Waals surface area contributed by atoms with Gasteiger partial charge in [-0.3, -0.25) is 4.79 Å². The number of carbonyl (C=O) groups excluding carboxylic acids is 1. The SMILES string of the molecule is CS(=O)(=O)c1ccc(C(=O)Nc2cc(COc3ccc(Br)cc3CNCCO)ccc2F)c(Cl)c1. The molecule has 0 unspecified atom stereocenters. The zero-order valence-electron chi connectivity index (χ0n) is 18.6. The number of aliphatic hydroxyl groups is 1. The van der Waals surface area contributed by atoms with E-state index in [4.69, 9.17) is 21.4 Å². The van der Waals surface area contributed by atoms with Gasteiger partial charge in [0.2, 0.25) is 0 Å². The molecule has 0 saturated carbocycles. The van der Waals surface area contributed by atoms with Crippen LogP contribution in [0.2, 0.25) is 5.02 Å². The molecule has 186 valence electrons. The van der Waals surface area contributed by atoms with Crippen molar-refractivity contribution in [2.24, 2.45) is 0 Å². The fourth-order valence-electron chi connectivity index (χ4n) is 3.15. The summed E-state index contributed by atoms with van der Waals surface area (Å²) in [6.07, 6.45) is 1.03. The fourth-order valence-corrected chi connectivity index (χ4v) is 4.54. The zero-order chi connectivity index (χ0) is 25.6. The van der Waals surface area contributed by atoms with E-state index in [1.165, 1.54) is 30.3 Å². The van der Waals surface area contributed by atoms with E-state index in [9.17, 15) is 17.6 Å². The largest absolute Gasteiger partial charge is 0.489 e. The van der Waals surface area contributed by atoms with Gasteiger partial charge in [0.15, 0.2) is 9.84 Å². The fraction of sp³-hybridized carbons (Fsp3) is 0.208. The summed E-state index contributed by atoms with van der Waals surface area (Å²) in [4.78, 5) is 12.6. The van der Waals surface area contributed by atoms with Crippen LogP contribution in [0.1, 0.15) is 21.5 Å². The van der Waals surface area contributed by atoms with E-state index in [2.05, 4.69) is 26.6 Å². The Labute approximate surface area is 216 Å². The third-order valence-electron chi connectivity index (χ3n) is 4.91. The van der Waals surface area contributed by atoms with E-state index >= 15 is 0 Å². The van der Waals surface area contributed by atoms with Gasteiger partial charge in [0.05, 0.1) is 27.8 Å². The molecule has 3 aromatic rings. The van der Waals surface area contributed by atoms with Gasteiger partial charge in [-0.05, 0) is 54.1 Å². The topological polar surface area (TPSA) is 105 Å². The summed E-state index contributed by atoms with van der Waals surface area (Å²) in [5, 5.41) is 14.5. The second kappa shape index (κ2) is 12.0. The van der Waals surface area contributed by atoms with E-state index in [0.717, 1.165) is 16.3 Å². The zero-order valence-corrected chi connectivity index (χ0v) is 21.8. The quantitative estimate of drug-likeness (QED) is 0.302. The first kappa shape index (κ1) is 27.1. The lowest BCUT2D eigenvalue weighted by Crippen LogP contribution is -2.18. The summed E-state index contributed by atoms with van der Waals surface area (Å²) in [6, 6.07) is 13.5. The minimum Gasteiger partial charge on any atom is -0.489 e. The van der Waals surface area contributed by atoms with Crippen LogP contribution in [0.3, 0.4) is 0 Å². The minimum atomic E-state index is -3.49. The van der Waals surface area contributed by atoms with Gasteiger partial charge in [-0.2, -0.15) is 0 Å². The highest BCUT2D eigenvalue weighted by molar-refractivity contribution is 9.10. The Morgan fingerprint density at radius 1 is 1.14 bits per heavy atom. The molecule has 7 nitrogen and oxygen atoms in total. The van der Waals surface area contributed by atoms with Crippen molar-refractivity contribution in [2.45, 2.75) is 18.0 Å². The van der Waals surface area contributed by atoms with Crippen molar-refractivity contribution in [3.63, 3.8) is 0 Å². The number of aliphatic hydroxyl groups excluding tert-OH is 1. The number of hydrogen-bond donors (Lipinski definition) is 3. The Morgan fingerprint density at radius 2 is 1.91 bits per heavy atom. The Morgan fingerprint density at radius 3 is 2.60 bits per heavy atom. The molecule has 11 heteroatoms. The number of nitrogens with one attached hydrogen (secondary N) is 2. The molecule has 0 heterocycles. The molecular weight excluding hydrogens is 563 g/mol. The summed E-state index contributed by atoms with van der Waals surface area (Å²) in [5.74, 6) is -0.716. The number of rotatable bonds is 10. The van der Waals surface area contributed by atoms with E-state index in [-0.39, 0.29) is 34.4 Å². The van der Waals surface area contributed by atoms with Crippen LogP contribution in [0, 0.1) is 5.82 Å². The highest BCUT2D eigenvalue weighted by Gasteiger charge is 2.17. The van der Waals surface area contributed by atoms with Crippen LogP contribution in [0.25, 0.3) is 0 Å². The van der Waals surface area contributed by atoms with Crippen molar-refractivity contribution in [3.8, 4) is 5.75 Å². The molecule has 0 aliphatic heterocycles. The third kappa shape index (κ3) is 7.49. The van der Waals surface area contributed by atoms with Gasteiger partial charge in [0.25, 0.3) is 5.91 Å². The number of ether oxygens (including phenoxy) is 1. The highest BCUT2D eigenvalue weighted by atomic mass is 79.9. The summed E-state index contributed by atoms with van der Waals surface area (Å²) < 4.78 is 44.5. The Balaban J connectivity index is 1.74. The summed E-state index contributed by atoms with van der Waals surface area (Å²) in [7, 11) is -3.49. The molecule has 0 aliphatic carbocycles. The first-order valence-electron chi connectivity index (χ1n) is 10.4. The summed E-state index contributed by atoms with van der Waals surface area (Å²) >= 11 is 9.52. The predicted molar refractivity (Wildman–Crippen MR) is 136 cm³/mol. The number of hydrogen-bond acceptors (Lipinski definition) is 6. The molecule has 0 fully saturated rings. The molecule has 35 heavy (non-hydrogen) atoms. The van der Waals surface area contributed by atoms with Gasteiger partial charge < -0.3 is 20.5 Å². The van der Waals surface area contributed by atoms with E-state index in [1.54, 1.807) is 12.1 Å². The molecule has 3 N–H and O–H groups in total. The Bertz CT molecular complexity index is 1340. The normalized spacial score (nSPS) is 11.3. The Hall–Kier alpha value is -2.50. The van der Waals surface area contributed by atoms with Crippen LogP contribution in [0.5, 0.6) is 5.75 Å². The van der Waals surface area contributed by atoms with Gasteiger partial charge in [-0.1, -0.05) is 33.6 Å². The lowest BCUT2D eigenvalue weighted by molar-refractivity contribution is 0.102. The van der Waals surface area contributed by atoms with E-state index in [0.29, 0.717) is 24.4 Å². The molecule has 0 saturated heterocycles. The molecule has 0 bridgehead atoms. The average Bonchev–Trinajstić information content (AvgIpc) is 2.80. The molecule has 0 radical (unpaired) electrons. The van der Waals surface area contributed by atoms with Crippen LogP contribution in [-0.2, 0) is 23.0 Å². The number of sulfone groups is 1. The van der Waals surface area contributed by atoms with Gasteiger partial charge in [0.1, 0.15) is 18.2 Å². The first-order valence-corrected chi connectivity index (χ1v) is 13.5. The van der Waals surface area contributed by atoms with Gasteiger partial charge in [-0.25, -0.2) is 12.8 Å². The number of benzene rings is 3. The smallest absolute Gasteiger partial charge is 0.257 e. The molecule has 0 aromatic heterocycles. The third-order valence-corrected chi connectivity index (χ3v) is 6.83. The lowest BCUT2D eigenvalue weighted by atomic mass is 10.1. The van der Waals surface area contributed by atoms with Crippen molar-refractivity contribution in [1.29, 1.82) is 0 Å². The Kier molecular flexibility index (Phi) is 9.26. The molecular formula is C24H23BrClFN2O5S. The number of halogens is 3.